The largest absolute Gasteiger partial charge is 0.507 e. The number of nitrogens with one attached hydrogen (secondary N) is 2. The summed E-state index contributed by atoms with van der Waals surface area (Å²) in [7, 11) is 1.49. The van der Waals surface area contributed by atoms with E-state index in [2.05, 4.69) is 15.8 Å². The second-order valence-electron chi connectivity index (χ2n) is 4.89. The fourth-order valence-electron chi connectivity index (χ4n) is 1.87. The third-order valence-corrected chi connectivity index (χ3v) is 3.20. The van der Waals surface area contributed by atoms with E-state index in [1.165, 1.54) is 19.4 Å². The Morgan fingerprint density at radius 1 is 1.17 bits per heavy atom. The number of hydrogen-bond donors (Lipinski definition) is 3. The number of rotatable bonds is 4. The predicted molar refractivity (Wildman–Crippen MR) is 90.2 cm³/mol. The molecule has 124 valence electrons. The molecule has 0 fully saturated rings. The maximum absolute atomic E-state index is 11.8. The highest BCUT2D eigenvalue weighted by molar-refractivity contribution is 6.39. The molecule has 0 aliphatic rings. The van der Waals surface area contributed by atoms with Crippen LogP contribution in [0.15, 0.2) is 47.6 Å². The molecule has 2 aromatic rings. The summed E-state index contributed by atoms with van der Waals surface area (Å²) in [6.07, 6.45) is 1.22. The van der Waals surface area contributed by atoms with E-state index in [0.717, 1.165) is 5.56 Å². The van der Waals surface area contributed by atoms with Gasteiger partial charge in [-0.15, -0.1) is 0 Å². The number of benzene rings is 2. The standard InChI is InChI=1S/C17H17N3O4/c1-11-5-3-4-6-14(11)19-16(22)17(23)20-18-10-12-9-13(24-2)7-8-15(12)21/h3-10,21H,1-2H3,(H,19,22)(H,20,23)/b18-10-. The average molecular weight is 327 g/mol. The van der Waals surface area contributed by atoms with Crippen LogP contribution in [0, 0.1) is 6.92 Å². The van der Waals surface area contributed by atoms with Crippen molar-refractivity contribution in [2.24, 2.45) is 5.10 Å². The Kier molecular flexibility index (Phi) is 5.51. The number of carbonyl (C=O) groups is 2. The van der Waals surface area contributed by atoms with E-state index < -0.39 is 11.8 Å². The molecule has 2 amide bonds. The van der Waals surface area contributed by atoms with Crippen molar-refractivity contribution in [2.45, 2.75) is 6.92 Å². The zero-order valence-electron chi connectivity index (χ0n) is 13.2. The van der Waals surface area contributed by atoms with E-state index in [-0.39, 0.29) is 5.75 Å². The van der Waals surface area contributed by atoms with Gasteiger partial charge in [-0.25, -0.2) is 5.43 Å². The molecule has 0 saturated carbocycles. The van der Waals surface area contributed by atoms with E-state index in [4.69, 9.17) is 4.74 Å². The van der Waals surface area contributed by atoms with Gasteiger partial charge in [0.25, 0.3) is 0 Å². The highest BCUT2D eigenvalue weighted by Crippen LogP contribution is 2.20. The minimum Gasteiger partial charge on any atom is -0.507 e. The Labute approximate surface area is 139 Å². The van der Waals surface area contributed by atoms with Crippen molar-refractivity contribution in [3.8, 4) is 11.5 Å². The lowest BCUT2D eigenvalue weighted by Gasteiger charge is -2.06. The van der Waals surface area contributed by atoms with Crippen molar-refractivity contribution in [3.63, 3.8) is 0 Å². The third kappa shape index (κ3) is 4.33. The number of anilines is 1. The second-order valence-corrected chi connectivity index (χ2v) is 4.89. The molecule has 3 N–H and O–H groups in total. The number of phenolic OH excluding ortho intramolecular Hbond substituents is 1. The number of hydrogen-bond acceptors (Lipinski definition) is 5. The van der Waals surface area contributed by atoms with Gasteiger partial charge in [-0.05, 0) is 36.8 Å². The number of amides is 2. The molecule has 2 aromatic carbocycles. The highest BCUT2D eigenvalue weighted by atomic mass is 16.5. The van der Waals surface area contributed by atoms with Crippen LogP contribution in [0.2, 0.25) is 0 Å². The van der Waals surface area contributed by atoms with Gasteiger partial charge in [0.2, 0.25) is 0 Å². The molecular formula is C17H17N3O4. The number of para-hydroxylation sites is 1. The summed E-state index contributed by atoms with van der Waals surface area (Å²) in [6, 6.07) is 11.7. The van der Waals surface area contributed by atoms with Gasteiger partial charge in [-0.2, -0.15) is 5.10 Å². The lowest BCUT2D eigenvalue weighted by Crippen LogP contribution is -2.32. The minimum absolute atomic E-state index is 0.0295. The van der Waals surface area contributed by atoms with E-state index in [9.17, 15) is 14.7 Å². The van der Waals surface area contributed by atoms with Crippen molar-refractivity contribution in [2.75, 3.05) is 12.4 Å². The number of aryl methyl sites for hydroxylation is 1. The fraction of sp³-hybridized carbons (Fsp3) is 0.118. The van der Waals surface area contributed by atoms with Crippen LogP contribution in [-0.2, 0) is 9.59 Å². The first-order chi connectivity index (χ1) is 11.5. The summed E-state index contributed by atoms with van der Waals surface area (Å²) in [6.45, 7) is 1.82. The molecule has 0 aromatic heterocycles. The van der Waals surface area contributed by atoms with Gasteiger partial charge in [0.05, 0.1) is 13.3 Å². The van der Waals surface area contributed by atoms with Crippen molar-refractivity contribution >= 4 is 23.7 Å². The van der Waals surface area contributed by atoms with Crippen LogP contribution < -0.4 is 15.5 Å². The summed E-state index contributed by atoms with van der Waals surface area (Å²) < 4.78 is 5.03. The molecule has 0 unspecified atom stereocenters. The Hall–Kier alpha value is -3.35. The van der Waals surface area contributed by atoms with Gasteiger partial charge in [0, 0.05) is 11.3 Å². The first-order valence-electron chi connectivity index (χ1n) is 7.08. The van der Waals surface area contributed by atoms with Gasteiger partial charge in [-0.3, -0.25) is 9.59 Å². The summed E-state index contributed by atoms with van der Waals surface area (Å²) in [5.74, 6) is -1.26. The zero-order chi connectivity index (χ0) is 17.5. The summed E-state index contributed by atoms with van der Waals surface area (Å²) in [4.78, 5) is 23.5. The monoisotopic (exact) mass is 327 g/mol. The van der Waals surface area contributed by atoms with Crippen LogP contribution in [0.25, 0.3) is 0 Å². The highest BCUT2D eigenvalue weighted by Gasteiger charge is 2.13. The van der Waals surface area contributed by atoms with Crippen LogP contribution in [0.3, 0.4) is 0 Å². The smallest absolute Gasteiger partial charge is 0.329 e. The Morgan fingerprint density at radius 3 is 2.62 bits per heavy atom. The molecule has 0 radical (unpaired) electrons. The molecule has 0 saturated heterocycles. The number of hydrazone groups is 1. The van der Waals surface area contributed by atoms with Crippen LogP contribution in [-0.4, -0.2) is 30.2 Å². The number of carbonyl (C=O) groups excluding carboxylic acids is 2. The molecule has 0 bridgehead atoms. The minimum atomic E-state index is -0.920. The fourth-order valence-corrected chi connectivity index (χ4v) is 1.87. The molecule has 0 spiro atoms. The topological polar surface area (TPSA) is 100 Å². The van der Waals surface area contributed by atoms with Crippen LogP contribution >= 0.6 is 0 Å². The molecule has 0 atom stereocenters. The molecule has 7 heteroatoms. The Bertz CT molecular complexity index is 787. The van der Waals surface area contributed by atoms with Gasteiger partial charge >= 0.3 is 11.8 Å². The number of methoxy groups -OCH3 is 1. The lowest BCUT2D eigenvalue weighted by molar-refractivity contribution is -0.136. The van der Waals surface area contributed by atoms with Crippen molar-refractivity contribution in [1.29, 1.82) is 0 Å². The van der Waals surface area contributed by atoms with E-state index in [1.54, 1.807) is 24.3 Å². The van der Waals surface area contributed by atoms with Gasteiger partial charge in [0.1, 0.15) is 11.5 Å². The SMILES string of the molecule is COc1ccc(O)c(/C=N\NC(=O)C(=O)Nc2ccccc2C)c1. The first-order valence-corrected chi connectivity index (χ1v) is 7.08. The van der Waals surface area contributed by atoms with Crippen molar-refractivity contribution in [1.82, 2.24) is 5.43 Å². The van der Waals surface area contributed by atoms with E-state index >= 15 is 0 Å². The number of ether oxygens (including phenoxy) is 1. The Balaban J connectivity index is 1.97. The Morgan fingerprint density at radius 2 is 1.92 bits per heavy atom. The zero-order valence-corrected chi connectivity index (χ0v) is 13.2. The normalized spacial score (nSPS) is 10.4. The maximum atomic E-state index is 11.8. The first kappa shape index (κ1) is 17.0. The molecule has 0 heterocycles. The molecule has 0 aliphatic heterocycles. The lowest BCUT2D eigenvalue weighted by atomic mass is 10.2. The third-order valence-electron chi connectivity index (χ3n) is 3.20. The van der Waals surface area contributed by atoms with Crippen LogP contribution in [0.5, 0.6) is 11.5 Å². The summed E-state index contributed by atoms with van der Waals surface area (Å²) in [5.41, 5.74) is 3.83. The number of nitrogens with zero attached hydrogens (tertiary/aromatic N) is 1. The molecule has 24 heavy (non-hydrogen) atoms. The van der Waals surface area contributed by atoms with Crippen LogP contribution in [0.4, 0.5) is 5.69 Å². The van der Waals surface area contributed by atoms with Crippen molar-refractivity contribution < 1.29 is 19.4 Å². The summed E-state index contributed by atoms with van der Waals surface area (Å²) in [5, 5.41) is 15.8. The predicted octanol–water partition coefficient (Wildman–Crippen LogP) is 1.80. The van der Waals surface area contributed by atoms with E-state index in [1.807, 2.05) is 19.1 Å². The number of phenols is 1. The molecule has 2 rings (SSSR count). The second kappa shape index (κ2) is 7.77. The van der Waals surface area contributed by atoms with Gasteiger partial charge in [-0.1, -0.05) is 18.2 Å². The summed E-state index contributed by atoms with van der Waals surface area (Å²) >= 11 is 0. The molecule has 7 nitrogen and oxygen atoms in total. The van der Waals surface area contributed by atoms with Gasteiger partial charge < -0.3 is 15.2 Å². The molecule has 0 aliphatic carbocycles. The van der Waals surface area contributed by atoms with Crippen LogP contribution in [0.1, 0.15) is 11.1 Å². The number of aromatic hydroxyl groups is 1. The van der Waals surface area contributed by atoms with E-state index in [0.29, 0.717) is 17.0 Å². The molecular weight excluding hydrogens is 310 g/mol. The average Bonchev–Trinajstić information content (AvgIpc) is 2.58. The maximum Gasteiger partial charge on any atom is 0.329 e. The van der Waals surface area contributed by atoms with Crippen molar-refractivity contribution in [3.05, 3.63) is 53.6 Å². The quantitative estimate of drug-likeness (QED) is 0.453. The van der Waals surface area contributed by atoms with Gasteiger partial charge in [0.15, 0.2) is 0 Å².